The van der Waals surface area contributed by atoms with Gasteiger partial charge in [-0.15, -0.1) is 0 Å². The summed E-state index contributed by atoms with van der Waals surface area (Å²) in [5.74, 6) is 2.16. The van der Waals surface area contributed by atoms with Gasteiger partial charge in [0.05, 0.1) is 0 Å². The maximum Gasteiger partial charge on any atom is 0.270 e. The molecular weight excluding hydrogens is 388 g/mol. The molecule has 2 aliphatic heterocycles. The van der Waals surface area contributed by atoms with Crippen molar-refractivity contribution in [1.82, 2.24) is 15.2 Å². The largest absolute Gasteiger partial charge is 0.373 e. The van der Waals surface area contributed by atoms with Gasteiger partial charge >= 0.3 is 0 Å². The summed E-state index contributed by atoms with van der Waals surface area (Å²) in [5, 5.41) is 14.7. The Morgan fingerprint density at radius 2 is 1.71 bits per heavy atom. The zero-order valence-corrected chi connectivity index (χ0v) is 19.0. The van der Waals surface area contributed by atoms with E-state index in [1.807, 2.05) is 19.2 Å². The second-order valence-electron chi connectivity index (χ2n) is 9.44. The lowest BCUT2D eigenvalue weighted by Crippen LogP contribution is -2.47. The fourth-order valence-corrected chi connectivity index (χ4v) is 4.80. The van der Waals surface area contributed by atoms with Gasteiger partial charge in [-0.25, -0.2) is 4.98 Å². The number of carbonyl (C=O) groups is 1. The van der Waals surface area contributed by atoms with Gasteiger partial charge in [-0.3, -0.25) is 10.2 Å². The van der Waals surface area contributed by atoms with E-state index in [4.69, 9.17) is 10.4 Å². The molecule has 1 aromatic heterocycles. The lowest BCUT2D eigenvalue weighted by atomic mass is 10.0. The van der Waals surface area contributed by atoms with Crippen LogP contribution in [0.2, 0.25) is 0 Å². The molecule has 3 aliphatic rings. The average molecular weight is 427 g/mol. The van der Waals surface area contributed by atoms with Crippen LogP contribution in [0.5, 0.6) is 0 Å². The molecule has 0 aromatic carbocycles. The van der Waals surface area contributed by atoms with E-state index in [0.29, 0.717) is 11.4 Å². The van der Waals surface area contributed by atoms with Gasteiger partial charge in [0.15, 0.2) is 0 Å². The van der Waals surface area contributed by atoms with Crippen LogP contribution in [0.4, 0.5) is 11.6 Å². The number of pyridine rings is 1. The average Bonchev–Trinajstić information content (AvgIpc) is 3.58. The molecule has 0 unspecified atom stereocenters. The zero-order valence-electron chi connectivity index (χ0n) is 19.0. The minimum atomic E-state index is -0.294. The van der Waals surface area contributed by atoms with Gasteiger partial charge in [0.1, 0.15) is 17.3 Å². The van der Waals surface area contributed by atoms with Crippen LogP contribution in [0, 0.1) is 11.3 Å². The summed E-state index contributed by atoms with van der Waals surface area (Å²) in [6, 6.07) is 4.01. The van der Waals surface area contributed by atoms with Gasteiger partial charge in [0, 0.05) is 51.4 Å². The van der Waals surface area contributed by atoms with Crippen LogP contribution < -0.4 is 15.5 Å². The fraction of sp³-hybridized carbons (Fsp3) is 0.708. The third-order valence-electron chi connectivity index (χ3n) is 6.93. The molecule has 4 rings (SSSR count). The molecule has 1 amide bonds. The first-order chi connectivity index (χ1) is 15.1. The smallest absolute Gasteiger partial charge is 0.270 e. The maximum absolute atomic E-state index is 12.8. The van der Waals surface area contributed by atoms with Crippen LogP contribution in [-0.4, -0.2) is 67.3 Å². The van der Waals surface area contributed by atoms with Crippen LogP contribution >= 0.6 is 0 Å². The minimum absolute atomic E-state index is 0.00326. The lowest BCUT2D eigenvalue weighted by molar-refractivity contribution is -0.115. The van der Waals surface area contributed by atoms with E-state index in [0.717, 1.165) is 50.8 Å². The Labute approximate surface area is 186 Å². The first-order valence-electron chi connectivity index (χ1n) is 12.2. The Bertz CT molecular complexity index is 761. The van der Waals surface area contributed by atoms with Crippen molar-refractivity contribution < 1.29 is 4.79 Å². The molecule has 7 nitrogen and oxygen atoms in total. The van der Waals surface area contributed by atoms with Crippen molar-refractivity contribution in [3.63, 3.8) is 0 Å². The van der Waals surface area contributed by atoms with E-state index < -0.39 is 0 Å². The standard InChI is InChI=1S/C24H38N6O/c1-26-23-20(9-10-21(28-23)30-13-5-3-2-4-6-14-30)22(25)24(31)27-19-11-15-29(16-12-19)17-18-7-8-18/h9-10,18-19,25H,2-8,11-17H2,1H3,(H,26,28)(H,27,31). The second kappa shape index (κ2) is 10.4. The number of nitrogens with zero attached hydrogens (tertiary/aromatic N) is 3. The molecule has 3 fully saturated rings. The van der Waals surface area contributed by atoms with Gasteiger partial charge in [-0.2, -0.15) is 0 Å². The van der Waals surface area contributed by atoms with Gasteiger partial charge in [-0.1, -0.05) is 19.3 Å². The first kappa shape index (κ1) is 22.1. The van der Waals surface area contributed by atoms with Crippen molar-refractivity contribution in [1.29, 1.82) is 5.41 Å². The normalized spacial score (nSPS) is 21.3. The highest BCUT2D eigenvalue weighted by atomic mass is 16.1. The molecule has 170 valence electrons. The number of rotatable bonds is 7. The molecule has 1 saturated carbocycles. The molecule has 1 aromatic rings. The highest BCUT2D eigenvalue weighted by molar-refractivity contribution is 6.45. The Balaban J connectivity index is 1.35. The van der Waals surface area contributed by atoms with Crippen LogP contribution in [0.25, 0.3) is 0 Å². The Morgan fingerprint density at radius 1 is 1.03 bits per heavy atom. The molecular formula is C24H38N6O. The number of amides is 1. The molecule has 0 radical (unpaired) electrons. The molecule has 0 spiro atoms. The summed E-state index contributed by atoms with van der Waals surface area (Å²) < 4.78 is 0. The van der Waals surface area contributed by atoms with E-state index in [2.05, 4.69) is 20.4 Å². The number of hydrogen-bond acceptors (Lipinski definition) is 6. The number of carbonyl (C=O) groups excluding carboxylic acids is 1. The van der Waals surface area contributed by atoms with E-state index in [1.54, 1.807) is 0 Å². The monoisotopic (exact) mass is 426 g/mol. The van der Waals surface area contributed by atoms with Gasteiger partial charge in [-0.05, 0) is 56.6 Å². The zero-order chi connectivity index (χ0) is 21.6. The van der Waals surface area contributed by atoms with E-state index >= 15 is 0 Å². The van der Waals surface area contributed by atoms with Crippen molar-refractivity contribution in [2.24, 2.45) is 5.92 Å². The summed E-state index contributed by atoms with van der Waals surface area (Å²) in [6.45, 7) is 5.35. The quantitative estimate of drug-likeness (QED) is 0.583. The van der Waals surface area contributed by atoms with Crippen molar-refractivity contribution in [3.8, 4) is 0 Å². The number of anilines is 2. The Kier molecular flexibility index (Phi) is 7.43. The van der Waals surface area contributed by atoms with E-state index in [-0.39, 0.29) is 17.7 Å². The fourth-order valence-electron chi connectivity index (χ4n) is 4.80. The third kappa shape index (κ3) is 5.97. The van der Waals surface area contributed by atoms with E-state index in [9.17, 15) is 4.79 Å². The first-order valence-corrected chi connectivity index (χ1v) is 12.2. The van der Waals surface area contributed by atoms with Crippen molar-refractivity contribution >= 4 is 23.3 Å². The predicted molar refractivity (Wildman–Crippen MR) is 126 cm³/mol. The van der Waals surface area contributed by atoms with Crippen LogP contribution in [-0.2, 0) is 4.79 Å². The van der Waals surface area contributed by atoms with E-state index in [1.165, 1.54) is 51.5 Å². The summed E-state index contributed by atoms with van der Waals surface area (Å²) in [6.07, 6.45) is 11.0. The summed E-state index contributed by atoms with van der Waals surface area (Å²) in [7, 11) is 1.81. The molecule has 0 bridgehead atoms. The molecule has 0 atom stereocenters. The summed E-state index contributed by atoms with van der Waals surface area (Å²) in [5.41, 5.74) is 0.568. The van der Waals surface area contributed by atoms with Gasteiger partial charge < -0.3 is 20.4 Å². The predicted octanol–water partition coefficient (Wildman–Crippen LogP) is 3.25. The lowest BCUT2D eigenvalue weighted by Gasteiger charge is -2.32. The third-order valence-corrected chi connectivity index (χ3v) is 6.93. The number of likely N-dealkylation sites (tertiary alicyclic amines) is 1. The number of aromatic nitrogens is 1. The van der Waals surface area contributed by atoms with Crippen molar-refractivity contribution in [2.75, 3.05) is 50.0 Å². The summed E-state index contributed by atoms with van der Waals surface area (Å²) >= 11 is 0. The maximum atomic E-state index is 12.8. The topological polar surface area (TPSA) is 84.4 Å². The van der Waals surface area contributed by atoms with Crippen molar-refractivity contribution in [2.45, 2.75) is 63.8 Å². The molecule has 3 N–H and O–H groups in total. The molecule has 1 aliphatic carbocycles. The van der Waals surface area contributed by atoms with Gasteiger partial charge in [0.2, 0.25) is 0 Å². The van der Waals surface area contributed by atoms with Gasteiger partial charge in [0.25, 0.3) is 5.91 Å². The molecule has 2 saturated heterocycles. The Hall–Kier alpha value is -2.15. The molecule has 3 heterocycles. The summed E-state index contributed by atoms with van der Waals surface area (Å²) in [4.78, 5) is 22.4. The SMILES string of the molecule is CNc1nc(N2CCCCCCC2)ccc1C(=N)C(=O)NC1CCN(CC2CC2)CC1. The number of hydrogen-bond donors (Lipinski definition) is 3. The number of piperidine rings is 1. The highest BCUT2D eigenvalue weighted by Gasteiger charge is 2.28. The minimum Gasteiger partial charge on any atom is -0.373 e. The second-order valence-corrected chi connectivity index (χ2v) is 9.44. The Morgan fingerprint density at radius 3 is 2.35 bits per heavy atom. The highest BCUT2D eigenvalue weighted by Crippen LogP contribution is 2.30. The number of nitrogens with one attached hydrogen (secondary N) is 3. The molecule has 31 heavy (non-hydrogen) atoms. The van der Waals surface area contributed by atoms with Crippen LogP contribution in [0.1, 0.15) is 63.4 Å². The van der Waals surface area contributed by atoms with Crippen LogP contribution in [0.3, 0.4) is 0 Å². The van der Waals surface area contributed by atoms with Crippen LogP contribution in [0.15, 0.2) is 12.1 Å². The van der Waals surface area contributed by atoms with Crippen molar-refractivity contribution in [3.05, 3.63) is 17.7 Å². The molecule has 7 heteroatoms.